The van der Waals surface area contributed by atoms with Gasteiger partial charge >= 0.3 is 12.0 Å². The molecule has 1 heterocycles. The van der Waals surface area contributed by atoms with E-state index in [9.17, 15) is 9.59 Å². The van der Waals surface area contributed by atoms with Crippen LogP contribution in [0.1, 0.15) is 10.4 Å². The standard InChI is InChI=1S/C17H13N3O3S/c18-17(23)19-13-6-4-10(5-7-13)14-9-24-15(20-14)11-2-1-3-12(8-11)16(21)22/h1-9H,(H,21,22)(H3,18,19,23). The van der Waals surface area contributed by atoms with E-state index in [1.807, 2.05) is 23.6 Å². The SMILES string of the molecule is NC(=O)Nc1ccc(-c2csc(-c3cccc(C(=O)O)c3)n2)cc1. The predicted molar refractivity (Wildman–Crippen MR) is 93.2 cm³/mol. The first-order valence-electron chi connectivity index (χ1n) is 6.99. The number of carbonyl (C=O) groups excluding carboxylic acids is 1. The molecule has 6 nitrogen and oxygen atoms in total. The topological polar surface area (TPSA) is 105 Å². The lowest BCUT2D eigenvalue weighted by Gasteiger charge is -2.02. The van der Waals surface area contributed by atoms with E-state index in [0.717, 1.165) is 21.8 Å². The molecule has 7 heteroatoms. The lowest BCUT2D eigenvalue weighted by Crippen LogP contribution is -2.19. The van der Waals surface area contributed by atoms with Crippen LogP contribution in [-0.4, -0.2) is 22.1 Å². The maximum Gasteiger partial charge on any atom is 0.335 e. The highest BCUT2D eigenvalue weighted by atomic mass is 32.1. The van der Waals surface area contributed by atoms with E-state index in [4.69, 9.17) is 10.8 Å². The highest BCUT2D eigenvalue weighted by molar-refractivity contribution is 7.13. The highest BCUT2D eigenvalue weighted by Gasteiger charge is 2.09. The Morgan fingerprint density at radius 1 is 1.08 bits per heavy atom. The first kappa shape index (κ1) is 15.7. The van der Waals surface area contributed by atoms with Crippen molar-refractivity contribution in [2.75, 3.05) is 5.32 Å². The van der Waals surface area contributed by atoms with E-state index < -0.39 is 12.0 Å². The van der Waals surface area contributed by atoms with Crippen LogP contribution in [0, 0.1) is 0 Å². The van der Waals surface area contributed by atoms with Gasteiger partial charge in [0.1, 0.15) is 5.01 Å². The number of rotatable bonds is 4. The van der Waals surface area contributed by atoms with Gasteiger partial charge in [-0.1, -0.05) is 24.3 Å². The molecular formula is C17H13N3O3S. The van der Waals surface area contributed by atoms with Crippen LogP contribution in [0.4, 0.5) is 10.5 Å². The van der Waals surface area contributed by atoms with E-state index in [0.29, 0.717) is 5.69 Å². The summed E-state index contributed by atoms with van der Waals surface area (Å²) in [5.41, 5.74) is 8.34. The van der Waals surface area contributed by atoms with Crippen LogP contribution in [0.2, 0.25) is 0 Å². The molecule has 3 rings (SSSR count). The van der Waals surface area contributed by atoms with Gasteiger partial charge in [-0.25, -0.2) is 14.6 Å². The van der Waals surface area contributed by atoms with Crippen LogP contribution in [0.3, 0.4) is 0 Å². The maximum absolute atomic E-state index is 11.1. The van der Waals surface area contributed by atoms with E-state index in [1.54, 1.807) is 30.3 Å². The summed E-state index contributed by atoms with van der Waals surface area (Å²) in [6.07, 6.45) is 0. The number of nitrogens with zero attached hydrogens (tertiary/aromatic N) is 1. The van der Waals surface area contributed by atoms with Crippen molar-refractivity contribution in [3.8, 4) is 21.8 Å². The second kappa shape index (κ2) is 6.51. The number of thiazole rings is 1. The number of hydrogen-bond donors (Lipinski definition) is 3. The van der Waals surface area contributed by atoms with Crippen molar-refractivity contribution in [3.63, 3.8) is 0 Å². The second-order valence-electron chi connectivity index (χ2n) is 4.99. The lowest BCUT2D eigenvalue weighted by atomic mass is 10.1. The van der Waals surface area contributed by atoms with E-state index in [2.05, 4.69) is 10.3 Å². The van der Waals surface area contributed by atoms with Gasteiger partial charge in [-0.2, -0.15) is 0 Å². The molecule has 0 spiro atoms. The van der Waals surface area contributed by atoms with Gasteiger partial charge in [0.2, 0.25) is 0 Å². The van der Waals surface area contributed by atoms with Gasteiger partial charge < -0.3 is 16.2 Å². The molecule has 0 aliphatic rings. The average Bonchev–Trinajstić information content (AvgIpc) is 3.05. The molecule has 2 aromatic carbocycles. The summed E-state index contributed by atoms with van der Waals surface area (Å²) in [6, 6.07) is 13.2. The number of anilines is 1. The molecule has 3 aromatic rings. The Bertz CT molecular complexity index is 903. The molecule has 0 unspecified atom stereocenters. The van der Waals surface area contributed by atoms with Gasteiger partial charge in [0.15, 0.2) is 0 Å². The number of urea groups is 1. The fourth-order valence-corrected chi connectivity index (χ4v) is 3.02. The van der Waals surface area contributed by atoms with Crippen molar-refractivity contribution in [2.24, 2.45) is 5.73 Å². The summed E-state index contributed by atoms with van der Waals surface area (Å²) >= 11 is 1.44. The number of carboxylic acid groups (broad SMARTS) is 1. The third kappa shape index (κ3) is 3.41. The summed E-state index contributed by atoms with van der Waals surface area (Å²) in [7, 11) is 0. The Hall–Kier alpha value is -3.19. The summed E-state index contributed by atoms with van der Waals surface area (Å²) in [5, 5.41) is 14.2. The van der Waals surface area contributed by atoms with Crippen molar-refractivity contribution < 1.29 is 14.7 Å². The molecule has 0 atom stereocenters. The first-order chi connectivity index (χ1) is 11.5. The lowest BCUT2D eigenvalue weighted by molar-refractivity contribution is 0.0697. The zero-order valence-electron chi connectivity index (χ0n) is 12.4. The van der Waals surface area contributed by atoms with Gasteiger partial charge in [0.05, 0.1) is 11.3 Å². The van der Waals surface area contributed by atoms with Gasteiger partial charge in [-0.05, 0) is 24.3 Å². The fourth-order valence-electron chi connectivity index (χ4n) is 2.19. The number of carbonyl (C=O) groups is 2. The predicted octanol–water partition coefficient (Wildman–Crippen LogP) is 3.67. The molecule has 0 radical (unpaired) electrons. The Morgan fingerprint density at radius 3 is 2.50 bits per heavy atom. The molecule has 0 aliphatic carbocycles. The zero-order valence-corrected chi connectivity index (χ0v) is 13.2. The van der Waals surface area contributed by atoms with Crippen LogP contribution >= 0.6 is 11.3 Å². The quantitative estimate of drug-likeness (QED) is 0.674. The largest absolute Gasteiger partial charge is 0.478 e. The molecule has 24 heavy (non-hydrogen) atoms. The van der Waals surface area contributed by atoms with Crippen molar-refractivity contribution >= 4 is 29.0 Å². The summed E-state index contributed by atoms with van der Waals surface area (Å²) in [6.45, 7) is 0. The van der Waals surface area contributed by atoms with Crippen molar-refractivity contribution in [3.05, 3.63) is 59.5 Å². The van der Waals surface area contributed by atoms with E-state index in [-0.39, 0.29) is 5.56 Å². The molecule has 0 fully saturated rings. The van der Waals surface area contributed by atoms with Gasteiger partial charge in [-0.3, -0.25) is 0 Å². The van der Waals surface area contributed by atoms with E-state index in [1.165, 1.54) is 11.3 Å². The van der Waals surface area contributed by atoms with Crippen molar-refractivity contribution in [1.29, 1.82) is 0 Å². The van der Waals surface area contributed by atoms with Gasteiger partial charge in [0, 0.05) is 22.2 Å². The number of nitrogens with one attached hydrogen (secondary N) is 1. The Balaban J connectivity index is 1.86. The van der Waals surface area contributed by atoms with Crippen LogP contribution in [-0.2, 0) is 0 Å². The third-order valence-corrected chi connectivity index (χ3v) is 4.20. The van der Waals surface area contributed by atoms with Crippen LogP contribution < -0.4 is 11.1 Å². The molecule has 1 aromatic heterocycles. The van der Waals surface area contributed by atoms with Crippen molar-refractivity contribution in [1.82, 2.24) is 4.98 Å². The number of carboxylic acids is 1. The Labute approximate surface area is 141 Å². The third-order valence-electron chi connectivity index (χ3n) is 3.31. The zero-order chi connectivity index (χ0) is 17.1. The van der Waals surface area contributed by atoms with Crippen LogP contribution in [0.25, 0.3) is 21.8 Å². The summed E-state index contributed by atoms with van der Waals surface area (Å²) < 4.78 is 0. The Kier molecular flexibility index (Phi) is 4.26. The first-order valence-corrected chi connectivity index (χ1v) is 7.87. The van der Waals surface area contributed by atoms with Crippen LogP contribution in [0.15, 0.2) is 53.9 Å². The minimum atomic E-state index is -0.967. The van der Waals surface area contributed by atoms with Crippen molar-refractivity contribution in [2.45, 2.75) is 0 Å². The second-order valence-corrected chi connectivity index (χ2v) is 5.85. The fraction of sp³-hybridized carbons (Fsp3) is 0. The summed E-state index contributed by atoms with van der Waals surface area (Å²) in [4.78, 5) is 26.4. The molecule has 0 saturated heterocycles. The Morgan fingerprint density at radius 2 is 1.83 bits per heavy atom. The molecule has 2 amide bonds. The smallest absolute Gasteiger partial charge is 0.335 e. The number of aromatic nitrogens is 1. The maximum atomic E-state index is 11.1. The highest BCUT2D eigenvalue weighted by Crippen LogP contribution is 2.29. The molecule has 0 saturated carbocycles. The number of nitrogens with two attached hydrogens (primary N) is 1. The molecular weight excluding hydrogens is 326 g/mol. The average molecular weight is 339 g/mol. The minimum absolute atomic E-state index is 0.228. The minimum Gasteiger partial charge on any atom is -0.478 e. The molecule has 120 valence electrons. The van der Waals surface area contributed by atoms with E-state index >= 15 is 0 Å². The molecule has 4 N–H and O–H groups in total. The number of amides is 2. The van der Waals surface area contributed by atoms with Gasteiger partial charge in [-0.15, -0.1) is 11.3 Å². The molecule has 0 bridgehead atoms. The number of primary amides is 1. The normalized spacial score (nSPS) is 10.3. The van der Waals surface area contributed by atoms with Gasteiger partial charge in [0.25, 0.3) is 0 Å². The molecule has 0 aliphatic heterocycles. The monoisotopic (exact) mass is 339 g/mol. The number of benzene rings is 2. The number of hydrogen-bond acceptors (Lipinski definition) is 4. The number of aromatic carboxylic acids is 1. The van der Waals surface area contributed by atoms with Crippen LogP contribution in [0.5, 0.6) is 0 Å². The summed E-state index contributed by atoms with van der Waals surface area (Å²) in [5.74, 6) is -0.967.